The Morgan fingerprint density at radius 2 is 2.03 bits per heavy atom. The zero-order valence-electron chi connectivity index (χ0n) is 17.3. The second kappa shape index (κ2) is 8.54. The molecule has 154 valence electrons. The summed E-state index contributed by atoms with van der Waals surface area (Å²) < 4.78 is 6.02. The average molecular weight is 404 g/mol. The van der Waals surface area contributed by atoms with E-state index >= 15 is 0 Å². The molecule has 3 aromatic heterocycles. The first kappa shape index (κ1) is 19.9. The number of morpholine rings is 1. The zero-order chi connectivity index (χ0) is 21.1. The van der Waals surface area contributed by atoms with Crippen LogP contribution in [0.1, 0.15) is 33.8 Å². The Hall–Kier alpha value is -3.39. The Labute approximate surface area is 175 Å². The van der Waals surface area contributed by atoms with E-state index in [1.807, 2.05) is 44.2 Å². The molecule has 0 saturated carbocycles. The highest BCUT2D eigenvalue weighted by atomic mass is 16.5. The number of anilines is 1. The van der Waals surface area contributed by atoms with Gasteiger partial charge in [0.05, 0.1) is 24.5 Å². The van der Waals surface area contributed by atoms with Gasteiger partial charge in [-0.3, -0.25) is 9.78 Å². The van der Waals surface area contributed by atoms with E-state index < -0.39 is 0 Å². The zero-order valence-corrected chi connectivity index (χ0v) is 17.3. The lowest BCUT2D eigenvalue weighted by Gasteiger charge is -2.33. The van der Waals surface area contributed by atoms with Crippen molar-refractivity contribution in [3.8, 4) is 11.3 Å². The smallest absolute Gasteiger partial charge is 0.269 e. The number of hydrogen-bond acceptors (Lipinski definition) is 7. The standard InChI is InChI=1S/C22H24N6O2/c1-14-11-21(26-15(2)25-14)28-9-10-30-20(13-28)18-6-4-5-17(27-18)16-7-8-19(24-12-16)22(29)23-3/h4-8,11-12,20H,9-10,13H2,1-3H3,(H,23,29)/t20-/m0/s1. The third-order valence-corrected chi connectivity index (χ3v) is 4.96. The average Bonchev–Trinajstić information content (AvgIpc) is 2.78. The number of carbonyl (C=O) groups excluding carboxylic acids is 1. The van der Waals surface area contributed by atoms with Gasteiger partial charge in [0.25, 0.3) is 5.91 Å². The lowest BCUT2D eigenvalue weighted by atomic mass is 10.1. The van der Waals surface area contributed by atoms with Gasteiger partial charge in [-0.1, -0.05) is 6.07 Å². The van der Waals surface area contributed by atoms with Gasteiger partial charge in [-0.05, 0) is 38.1 Å². The first-order chi connectivity index (χ1) is 14.5. The molecular weight excluding hydrogens is 380 g/mol. The molecule has 1 aliphatic rings. The summed E-state index contributed by atoms with van der Waals surface area (Å²) in [7, 11) is 1.58. The summed E-state index contributed by atoms with van der Waals surface area (Å²) in [5, 5.41) is 2.57. The molecule has 0 aliphatic carbocycles. The number of carbonyl (C=O) groups is 1. The van der Waals surface area contributed by atoms with Crippen LogP contribution in [0.5, 0.6) is 0 Å². The lowest BCUT2D eigenvalue weighted by molar-refractivity contribution is 0.0368. The molecule has 0 bridgehead atoms. The Morgan fingerprint density at radius 1 is 1.17 bits per heavy atom. The van der Waals surface area contributed by atoms with E-state index in [2.05, 4.69) is 25.2 Å². The lowest BCUT2D eigenvalue weighted by Crippen LogP contribution is -2.39. The van der Waals surface area contributed by atoms with Gasteiger partial charge in [0.2, 0.25) is 0 Å². The van der Waals surface area contributed by atoms with Gasteiger partial charge in [0.15, 0.2) is 0 Å². The number of amides is 1. The summed E-state index contributed by atoms with van der Waals surface area (Å²) in [5.41, 5.74) is 3.82. The molecule has 8 heteroatoms. The molecule has 0 radical (unpaired) electrons. The largest absolute Gasteiger partial charge is 0.368 e. The first-order valence-corrected chi connectivity index (χ1v) is 9.88. The summed E-state index contributed by atoms with van der Waals surface area (Å²) in [5.74, 6) is 1.47. The van der Waals surface area contributed by atoms with Gasteiger partial charge in [0, 0.05) is 37.1 Å². The van der Waals surface area contributed by atoms with Crippen LogP contribution in [-0.2, 0) is 4.74 Å². The maximum Gasteiger partial charge on any atom is 0.269 e. The minimum Gasteiger partial charge on any atom is -0.368 e. The minimum absolute atomic E-state index is 0.160. The van der Waals surface area contributed by atoms with Crippen LogP contribution < -0.4 is 10.2 Å². The van der Waals surface area contributed by atoms with Gasteiger partial charge in [0.1, 0.15) is 23.4 Å². The molecule has 4 heterocycles. The highest BCUT2D eigenvalue weighted by Gasteiger charge is 2.24. The number of nitrogens with one attached hydrogen (secondary N) is 1. The summed E-state index contributed by atoms with van der Waals surface area (Å²) >= 11 is 0. The van der Waals surface area contributed by atoms with Gasteiger partial charge < -0.3 is 15.0 Å². The Bertz CT molecular complexity index is 1030. The highest BCUT2D eigenvalue weighted by molar-refractivity contribution is 5.92. The number of pyridine rings is 2. The summed E-state index contributed by atoms with van der Waals surface area (Å²) in [6.07, 6.45) is 1.50. The molecule has 1 atom stereocenters. The molecular formula is C22H24N6O2. The van der Waals surface area contributed by atoms with Crippen LogP contribution in [0.2, 0.25) is 0 Å². The molecule has 1 fully saturated rings. The maximum atomic E-state index is 11.7. The van der Waals surface area contributed by atoms with Crippen molar-refractivity contribution in [2.24, 2.45) is 0 Å². The van der Waals surface area contributed by atoms with Crippen molar-refractivity contribution in [2.75, 3.05) is 31.6 Å². The number of rotatable bonds is 4. The summed E-state index contributed by atoms with van der Waals surface area (Å²) in [4.78, 5) is 31.9. The van der Waals surface area contributed by atoms with Crippen LogP contribution in [0.25, 0.3) is 11.3 Å². The monoisotopic (exact) mass is 404 g/mol. The Balaban J connectivity index is 1.55. The molecule has 1 aliphatic heterocycles. The van der Waals surface area contributed by atoms with E-state index in [1.54, 1.807) is 19.3 Å². The predicted molar refractivity (Wildman–Crippen MR) is 113 cm³/mol. The number of nitrogens with zero attached hydrogens (tertiary/aromatic N) is 5. The minimum atomic E-state index is -0.214. The van der Waals surface area contributed by atoms with Crippen molar-refractivity contribution in [1.29, 1.82) is 0 Å². The van der Waals surface area contributed by atoms with Gasteiger partial charge in [-0.2, -0.15) is 0 Å². The highest BCUT2D eigenvalue weighted by Crippen LogP contribution is 2.26. The fourth-order valence-electron chi connectivity index (χ4n) is 3.50. The van der Waals surface area contributed by atoms with Gasteiger partial charge in [-0.25, -0.2) is 15.0 Å². The molecule has 3 aromatic rings. The maximum absolute atomic E-state index is 11.7. The molecule has 0 spiro atoms. The SMILES string of the molecule is CNC(=O)c1ccc(-c2cccc([C@@H]3CN(c4cc(C)nc(C)n4)CCO3)n2)cn1. The second-order valence-corrected chi connectivity index (χ2v) is 7.18. The fraction of sp³-hybridized carbons (Fsp3) is 0.318. The molecule has 8 nitrogen and oxygen atoms in total. The number of aromatic nitrogens is 4. The molecule has 0 aromatic carbocycles. The van der Waals surface area contributed by atoms with Crippen LogP contribution >= 0.6 is 0 Å². The summed E-state index contributed by atoms with van der Waals surface area (Å²) in [6.45, 7) is 5.92. The first-order valence-electron chi connectivity index (χ1n) is 9.88. The van der Waals surface area contributed by atoms with Gasteiger partial charge >= 0.3 is 0 Å². The van der Waals surface area contributed by atoms with Crippen LogP contribution in [-0.4, -0.2) is 52.6 Å². The van der Waals surface area contributed by atoms with Crippen LogP contribution in [0.3, 0.4) is 0 Å². The van der Waals surface area contributed by atoms with E-state index in [0.29, 0.717) is 18.8 Å². The Morgan fingerprint density at radius 3 is 2.77 bits per heavy atom. The van der Waals surface area contributed by atoms with Crippen molar-refractivity contribution < 1.29 is 9.53 Å². The van der Waals surface area contributed by atoms with E-state index in [4.69, 9.17) is 9.72 Å². The van der Waals surface area contributed by atoms with Crippen LogP contribution in [0.15, 0.2) is 42.6 Å². The van der Waals surface area contributed by atoms with E-state index in [-0.39, 0.29) is 12.0 Å². The van der Waals surface area contributed by atoms with Crippen molar-refractivity contribution in [3.05, 3.63) is 65.5 Å². The molecule has 1 saturated heterocycles. The summed E-state index contributed by atoms with van der Waals surface area (Å²) in [6, 6.07) is 11.4. The molecule has 30 heavy (non-hydrogen) atoms. The molecule has 1 N–H and O–H groups in total. The third-order valence-electron chi connectivity index (χ3n) is 4.96. The normalized spacial score (nSPS) is 16.4. The molecule has 0 unspecified atom stereocenters. The number of aryl methyl sites for hydroxylation is 2. The van der Waals surface area contributed by atoms with E-state index in [1.165, 1.54) is 0 Å². The third kappa shape index (κ3) is 4.28. The van der Waals surface area contributed by atoms with Crippen molar-refractivity contribution in [2.45, 2.75) is 20.0 Å². The Kier molecular flexibility index (Phi) is 5.67. The molecule has 4 rings (SSSR count). The number of ether oxygens (including phenoxy) is 1. The fourth-order valence-corrected chi connectivity index (χ4v) is 3.50. The topological polar surface area (TPSA) is 93.1 Å². The number of hydrogen-bond donors (Lipinski definition) is 1. The van der Waals surface area contributed by atoms with Gasteiger partial charge in [-0.15, -0.1) is 0 Å². The van der Waals surface area contributed by atoms with Crippen LogP contribution in [0.4, 0.5) is 5.82 Å². The van der Waals surface area contributed by atoms with E-state index in [9.17, 15) is 4.79 Å². The van der Waals surface area contributed by atoms with Crippen molar-refractivity contribution >= 4 is 11.7 Å². The quantitative estimate of drug-likeness (QED) is 0.714. The van der Waals surface area contributed by atoms with E-state index in [0.717, 1.165) is 40.8 Å². The second-order valence-electron chi connectivity index (χ2n) is 7.18. The van der Waals surface area contributed by atoms with Crippen LogP contribution in [0, 0.1) is 13.8 Å². The van der Waals surface area contributed by atoms with Crippen molar-refractivity contribution in [3.63, 3.8) is 0 Å². The predicted octanol–water partition coefficient (Wildman–Crippen LogP) is 2.49. The molecule has 1 amide bonds. The van der Waals surface area contributed by atoms with Crippen molar-refractivity contribution in [1.82, 2.24) is 25.3 Å².